The minimum absolute atomic E-state index is 0.767. The highest BCUT2D eigenvalue weighted by molar-refractivity contribution is 5.91. The third-order valence-electron chi connectivity index (χ3n) is 5.32. The van der Waals surface area contributed by atoms with Gasteiger partial charge in [0.15, 0.2) is 0 Å². The maximum absolute atomic E-state index is 5.74. The van der Waals surface area contributed by atoms with E-state index in [0.717, 1.165) is 25.8 Å². The fourth-order valence-corrected chi connectivity index (χ4v) is 3.86. The number of hydrogen-bond acceptors (Lipinski definition) is 1. The summed E-state index contributed by atoms with van der Waals surface area (Å²) < 4.78 is 0. The van der Waals surface area contributed by atoms with E-state index in [9.17, 15) is 0 Å². The molecule has 0 aliphatic heterocycles. The topological polar surface area (TPSA) is 41.8 Å². The predicted molar refractivity (Wildman–Crippen MR) is 114 cm³/mol. The number of unbranched alkanes of at least 4 members (excludes halogenated alkanes) is 2. The van der Waals surface area contributed by atoms with Gasteiger partial charge in [0, 0.05) is 22.2 Å². The number of H-pyrrole nitrogens is 1. The first-order chi connectivity index (χ1) is 12.6. The molecule has 0 spiro atoms. The summed E-state index contributed by atoms with van der Waals surface area (Å²) in [4.78, 5) is 3.72. The van der Waals surface area contributed by atoms with Crippen molar-refractivity contribution in [2.45, 2.75) is 59.3 Å². The van der Waals surface area contributed by atoms with Gasteiger partial charge in [-0.2, -0.15) is 0 Å². The second-order valence-electron chi connectivity index (χ2n) is 7.53. The van der Waals surface area contributed by atoms with Crippen LogP contribution in [0.15, 0.2) is 36.4 Å². The van der Waals surface area contributed by atoms with Gasteiger partial charge in [0.2, 0.25) is 0 Å². The van der Waals surface area contributed by atoms with Gasteiger partial charge in [-0.3, -0.25) is 0 Å². The van der Waals surface area contributed by atoms with Crippen LogP contribution in [-0.4, -0.2) is 11.5 Å². The van der Waals surface area contributed by atoms with Crippen molar-refractivity contribution < 1.29 is 0 Å². The Balaban J connectivity index is 2.09. The molecule has 0 saturated carbocycles. The van der Waals surface area contributed by atoms with E-state index in [1.165, 1.54) is 63.7 Å². The molecule has 3 N–H and O–H groups in total. The molecule has 138 valence electrons. The van der Waals surface area contributed by atoms with E-state index in [1.807, 2.05) is 0 Å². The molecule has 0 amide bonds. The number of hydrogen-bond donors (Lipinski definition) is 2. The van der Waals surface area contributed by atoms with Gasteiger partial charge in [-0.1, -0.05) is 43.2 Å². The fraction of sp³-hybridized carbons (Fsp3) is 0.417. The van der Waals surface area contributed by atoms with Crippen molar-refractivity contribution in [2.24, 2.45) is 5.73 Å². The SMILES string of the molecule is CCCCc1ccc2[nH]c(-c3ccc(C)cc3C)c(CCCCN)c2c1. The van der Waals surface area contributed by atoms with Crippen LogP contribution in [0.3, 0.4) is 0 Å². The molecular formula is C24H32N2. The summed E-state index contributed by atoms with van der Waals surface area (Å²) in [6, 6.07) is 13.7. The van der Waals surface area contributed by atoms with Gasteiger partial charge in [-0.25, -0.2) is 0 Å². The van der Waals surface area contributed by atoms with Crippen LogP contribution in [0.25, 0.3) is 22.2 Å². The summed E-state index contributed by atoms with van der Waals surface area (Å²) >= 11 is 0. The van der Waals surface area contributed by atoms with E-state index in [2.05, 4.69) is 62.2 Å². The maximum Gasteiger partial charge on any atom is 0.0500 e. The minimum atomic E-state index is 0.767. The highest BCUT2D eigenvalue weighted by Crippen LogP contribution is 2.34. The standard InChI is InChI=1S/C24H32N2/c1-4-5-8-19-11-13-23-22(16-19)21(9-6-7-14-25)24(26-23)20-12-10-17(2)15-18(20)3/h10-13,15-16,26H,4-9,14,25H2,1-3H3. The molecule has 0 aliphatic rings. The summed E-state index contributed by atoms with van der Waals surface area (Å²) in [5, 5.41) is 1.39. The quantitative estimate of drug-likeness (QED) is 0.476. The van der Waals surface area contributed by atoms with Gasteiger partial charge in [0.05, 0.1) is 0 Å². The lowest BCUT2D eigenvalue weighted by Gasteiger charge is -2.09. The number of aromatic nitrogens is 1. The first kappa shape index (κ1) is 18.7. The van der Waals surface area contributed by atoms with E-state index in [1.54, 1.807) is 0 Å². The molecular weight excluding hydrogens is 316 g/mol. The van der Waals surface area contributed by atoms with Crippen molar-refractivity contribution in [1.29, 1.82) is 0 Å². The smallest absolute Gasteiger partial charge is 0.0500 e. The molecule has 1 aromatic heterocycles. The average molecular weight is 349 g/mol. The lowest BCUT2D eigenvalue weighted by Crippen LogP contribution is -1.99. The predicted octanol–water partition coefficient (Wildman–Crippen LogP) is 6.08. The van der Waals surface area contributed by atoms with E-state index < -0.39 is 0 Å². The van der Waals surface area contributed by atoms with Gasteiger partial charge in [0.1, 0.15) is 0 Å². The van der Waals surface area contributed by atoms with Crippen LogP contribution in [0.5, 0.6) is 0 Å². The molecule has 0 saturated heterocycles. The maximum atomic E-state index is 5.74. The normalized spacial score (nSPS) is 11.4. The van der Waals surface area contributed by atoms with Gasteiger partial charge in [-0.05, 0) is 81.3 Å². The lowest BCUT2D eigenvalue weighted by atomic mass is 9.96. The number of benzene rings is 2. The summed E-state index contributed by atoms with van der Waals surface area (Å²) in [5.41, 5.74) is 15.2. The van der Waals surface area contributed by atoms with Crippen molar-refractivity contribution in [1.82, 2.24) is 4.98 Å². The third-order valence-corrected chi connectivity index (χ3v) is 5.32. The zero-order valence-corrected chi connectivity index (χ0v) is 16.5. The van der Waals surface area contributed by atoms with Crippen LogP contribution in [-0.2, 0) is 12.8 Å². The Morgan fingerprint density at radius 2 is 1.77 bits per heavy atom. The van der Waals surface area contributed by atoms with Crippen LogP contribution in [0.4, 0.5) is 0 Å². The number of rotatable bonds is 8. The fourth-order valence-electron chi connectivity index (χ4n) is 3.86. The zero-order chi connectivity index (χ0) is 18.5. The summed E-state index contributed by atoms with van der Waals surface area (Å²) in [7, 11) is 0. The monoisotopic (exact) mass is 348 g/mol. The van der Waals surface area contributed by atoms with E-state index >= 15 is 0 Å². The Kier molecular flexibility index (Phi) is 6.16. The zero-order valence-electron chi connectivity index (χ0n) is 16.5. The number of fused-ring (bicyclic) bond motifs is 1. The summed E-state index contributed by atoms with van der Waals surface area (Å²) in [6.07, 6.45) is 6.95. The number of aryl methyl sites for hydroxylation is 4. The van der Waals surface area contributed by atoms with Crippen LogP contribution >= 0.6 is 0 Å². The van der Waals surface area contributed by atoms with E-state index in [4.69, 9.17) is 5.73 Å². The highest BCUT2D eigenvalue weighted by Gasteiger charge is 2.15. The number of nitrogens with two attached hydrogens (primary N) is 1. The first-order valence-corrected chi connectivity index (χ1v) is 10.0. The van der Waals surface area contributed by atoms with Crippen LogP contribution in [0.2, 0.25) is 0 Å². The van der Waals surface area contributed by atoms with Gasteiger partial charge < -0.3 is 10.7 Å². The molecule has 1 heterocycles. The molecule has 0 fully saturated rings. The van der Waals surface area contributed by atoms with Crippen molar-refractivity contribution in [2.75, 3.05) is 6.54 Å². The van der Waals surface area contributed by atoms with Crippen LogP contribution < -0.4 is 5.73 Å². The molecule has 2 nitrogen and oxygen atoms in total. The molecule has 0 aliphatic carbocycles. The van der Waals surface area contributed by atoms with Gasteiger partial charge in [-0.15, -0.1) is 0 Å². The molecule has 0 bridgehead atoms. The van der Waals surface area contributed by atoms with E-state index in [0.29, 0.717) is 0 Å². The molecule has 0 unspecified atom stereocenters. The number of aromatic amines is 1. The second-order valence-corrected chi connectivity index (χ2v) is 7.53. The van der Waals surface area contributed by atoms with Gasteiger partial charge >= 0.3 is 0 Å². The average Bonchev–Trinajstić information content (AvgIpc) is 2.98. The van der Waals surface area contributed by atoms with Crippen LogP contribution in [0.1, 0.15) is 54.9 Å². The minimum Gasteiger partial charge on any atom is -0.354 e. The molecule has 3 rings (SSSR count). The summed E-state index contributed by atoms with van der Waals surface area (Å²) in [5.74, 6) is 0. The van der Waals surface area contributed by atoms with E-state index in [-0.39, 0.29) is 0 Å². The van der Waals surface area contributed by atoms with Crippen LogP contribution in [0, 0.1) is 13.8 Å². The molecule has 2 aromatic carbocycles. The third kappa shape index (κ3) is 4.02. The molecule has 0 radical (unpaired) electrons. The van der Waals surface area contributed by atoms with Crippen molar-refractivity contribution >= 4 is 10.9 Å². The molecule has 3 aromatic rings. The number of nitrogens with one attached hydrogen (secondary N) is 1. The summed E-state index contributed by atoms with van der Waals surface area (Å²) in [6.45, 7) is 7.39. The Hall–Kier alpha value is -2.06. The largest absolute Gasteiger partial charge is 0.354 e. The Morgan fingerprint density at radius 3 is 2.50 bits per heavy atom. The molecule has 26 heavy (non-hydrogen) atoms. The first-order valence-electron chi connectivity index (χ1n) is 10.0. The van der Waals surface area contributed by atoms with Crippen molar-refractivity contribution in [3.8, 4) is 11.3 Å². The lowest BCUT2D eigenvalue weighted by molar-refractivity contribution is 0.748. The highest BCUT2D eigenvalue weighted by atomic mass is 14.7. The van der Waals surface area contributed by atoms with Gasteiger partial charge in [0.25, 0.3) is 0 Å². The Bertz CT molecular complexity index is 873. The van der Waals surface area contributed by atoms with Crippen molar-refractivity contribution in [3.05, 3.63) is 58.7 Å². The Labute approximate surface area is 157 Å². The second kappa shape index (κ2) is 8.55. The van der Waals surface area contributed by atoms with Crippen molar-refractivity contribution in [3.63, 3.8) is 0 Å². The Morgan fingerprint density at radius 1 is 0.923 bits per heavy atom. The molecule has 2 heteroatoms. The molecule has 0 atom stereocenters.